The molecule has 2 aromatic rings. The summed E-state index contributed by atoms with van der Waals surface area (Å²) in [4.78, 5) is 25.9. The second kappa shape index (κ2) is 7.72. The molecule has 2 atom stereocenters. The maximum atomic E-state index is 12.6. The maximum Gasteiger partial charge on any atom is 0.255 e. The molecule has 3 N–H and O–H groups in total. The quantitative estimate of drug-likeness (QED) is 0.754. The summed E-state index contributed by atoms with van der Waals surface area (Å²) in [7, 11) is 1.44. The number of hydrogen-bond donors (Lipinski definition) is 3. The van der Waals surface area contributed by atoms with E-state index < -0.39 is 18.1 Å². The van der Waals surface area contributed by atoms with Crippen molar-refractivity contribution in [1.82, 2.24) is 10.2 Å². The van der Waals surface area contributed by atoms with Crippen molar-refractivity contribution in [2.24, 2.45) is 0 Å². The standard InChI is InChI=1S/C19H22N2O5/c1-26-11-18(24)21-7-6-15(17(23)10-21)20-19(25)14-8-12-4-2-3-5-13(12)9-16(14)22/h2-5,8-9,15,17,22-23H,6-7,10-11H2,1H3,(H,20,25)/t15-,17-/m1/s1. The SMILES string of the molecule is COCC(=O)N1CC[C@@H](NC(=O)c2cc3ccccc3cc2O)[C@H](O)C1. The number of amides is 2. The number of aliphatic hydroxyl groups is 1. The van der Waals surface area contributed by atoms with E-state index in [0.717, 1.165) is 10.8 Å². The predicted molar refractivity (Wildman–Crippen MR) is 95.9 cm³/mol. The summed E-state index contributed by atoms with van der Waals surface area (Å²) in [5.41, 5.74) is 0.161. The molecule has 1 heterocycles. The van der Waals surface area contributed by atoms with Gasteiger partial charge in [-0.3, -0.25) is 9.59 Å². The minimum atomic E-state index is -0.879. The van der Waals surface area contributed by atoms with Gasteiger partial charge in [-0.15, -0.1) is 0 Å². The van der Waals surface area contributed by atoms with E-state index in [1.54, 1.807) is 12.1 Å². The van der Waals surface area contributed by atoms with Crippen LogP contribution in [0.5, 0.6) is 5.75 Å². The van der Waals surface area contributed by atoms with Crippen molar-refractivity contribution in [3.8, 4) is 5.75 Å². The highest BCUT2D eigenvalue weighted by molar-refractivity contribution is 6.01. The van der Waals surface area contributed by atoms with Crippen LogP contribution in [0.1, 0.15) is 16.8 Å². The van der Waals surface area contributed by atoms with Crippen LogP contribution in [0.2, 0.25) is 0 Å². The fraction of sp³-hybridized carbons (Fsp3) is 0.368. The zero-order valence-corrected chi connectivity index (χ0v) is 14.5. The van der Waals surface area contributed by atoms with E-state index in [4.69, 9.17) is 4.74 Å². The third-order valence-corrected chi connectivity index (χ3v) is 4.63. The Labute approximate surface area is 151 Å². The number of rotatable bonds is 4. The van der Waals surface area contributed by atoms with E-state index in [-0.39, 0.29) is 30.4 Å². The summed E-state index contributed by atoms with van der Waals surface area (Å²) in [6.07, 6.45) is -0.451. The number of aromatic hydroxyl groups is 1. The molecule has 7 heteroatoms. The average molecular weight is 358 g/mol. The molecule has 0 saturated carbocycles. The van der Waals surface area contributed by atoms with Crippen molar-refractivity contribution < 1.29 is 24.5 Å². The van der Waals surface area contributed by atoms with E-state index in [2.05, 4.69) is 5.32 Å². The van der Waals surface area contributed by atoms with Crippen LogP contribution in [0, 0.1) is 0 Å². The molecule has 0 aromatic heterocycles. The van der Waals surface area contributed by atoms with Crippen LogP contribution in [-0.4, -0.2) is 65.9 Å². The van der Waals surface area contributed by atoms with Gasteiger partial charge in [0.25, 0.3) is 5.91 Å². The molecule has 1 aliphatic heterocycles. The zero-order valence-electron chi connectivity index (χ0n) is 14.5. The summed E-state index contributed by atoms with van der Waals surface area (Å²) in [6.45, 7) is 0.527. The zero-order chi connectivity index (χ0) is 18.7. The van der Waals surface area contributed by atoms with Crippen LogP contribution >= 0.6 is 0 Å². The van der Waals surface area contributed by atoms with Crippen LogP contribution in [0.15, 0.2) is 36.4 Å². The molecule has 3 rings (SSSR count). The number of ether oxygens (including phenoxy) is 1. The number of nitrogens with one attached hydrogen (secondary N) is 1. The minimum Gasteiger partial charge on any atom is -0.507 e. The molecule has 138 valence electrons. The van der Waals surface area contributed by atoms with Crippen molar-refractivity contribution in [3.05, 3.63) is 42.0 Å². The Hall–Kier alpha value is -2.64. The number of phenols is 1. The third-order valence-electron chi connectivity index (χ3n) is 4.63. The van der Waals surface area contributed by atoms with Gasteiger partial charge in [-0.05, 0) is 29.3 Å². The Bertz CT molecular complexity index is 823. The van der Waals surface area contributed by atoms with Gasteiger partial charge >= 0.3 is 0 Å². The molecule has 1 aliphatic rings. The van der Waals surface area contributed by atoms with Crippen molar-refractivity contribution >= 4 is 22.6 Å². The first-order valence-electron chi connectivity index (χ1n) is 8.47. The maximum absolute atomic E-state index is 12.6. The molecule has 2 aromatic carbocycles. The second-order valence-corrected chi connectivity index (χ2v) is 6.43. The van der Waals surface area contributed by atoms with Crippen LogP contribution in [-0.2, 0) is 9.53 Å². The number of methoxy groups -OCH3 is 1. The van der Waals surface area contributed by atoms with Gasteiger partial charge in [-0.1, -0.05) is 24.3 Å². The lowest BCUT2D eigenvalue weighted by atomic mass is 10.00. The molecule has 0 bridgehead atoms. The lowest BCUT2D eigenvalue weighted by molar-refractivity contribution is -0.138. The van der Waals surface area contributed by atoms with Gasteiger partial charge in [0.2, 0.25) is 5.91 Å². The Morgan fingerprint density at radius 2 is 1.96 bits per heavy atom. The monoisotopic (exact) mass is 358 g/mol. The number of carbonyl (C=O) groups is 2. The molecule has 0 unspecified atom stereocenters. The summed E-state index contributed by atoms with van der Waals surface area (Å²) >= 11 is 0. The van der Waals surface area contributed by atoms with E-state index in [9.17, 15) is 19.8 Å². The van der Waals surface area contributed by atoms with Crippen LogP contribution in [0.4, 0.5) is 0 Å². The fourth-order valence-corrected chi connectivity index (χ4v) is 3.20. The molecule has 2 amide bonds. The number of β-amino-alcohol motifs (C(OH)–C–C–N with tert-alkyl or cyclic N) is 1. The van der Waals surface area contributed by atoms with Gasteiger partial charge in [-0.25, -0.2) is 0 Å². The second-order valence-electron chi connectivity index (χ2n) is 6.43. The first-order valence-corrected chi connectivity index (χ1v) is 8.47. The average Bonchev–Trinajstić information content (AvgIpc) is 2.62. The van der Waals surface area contributed by atoms with Gasteiger partial charge in [0.1, 0.15) is 12.4 Å². The summed E-state index contributed by atoms with van der Waals surface area (Å²) < 4.78 is 4.82. The van der Waals surface area contributed by atoms with Gasteiger partial charge in [0.15, 0.2) is 0 Å². The largest absolute Gasteiger partial charge is 0.507 e. The van der Waals surface area contributed by atoms with Crippen molar-refractivity contribution in [3.63, 3.8) is 0 Å². The van der Waals surface area contributed by atoms with Crippen LogP contribution in [0.3, 0.4) is 0 Å². The summed E-state index contributed by atoms with van der Waals surface area (Å²) in [5, 5.41) is 24.9. The Balaban J connectivity index is 1.69. The highest BCUT2D eigenvalue weighted by Crippen LogP contribution is 2.25. The molecule has 1 saturated heterocycles. The fourth-order valence-electron chi connectivity index (χ4n) is 3.20. The van der Waals surface area contributed by atoms with Crippen LogP contribution in [0.25, 0.3) is 10.8 Å². The van der Waals surface area contributed by atoms with E-state index >= 15 is 0 Å². The van der Waals surface area contributed by atoms with Gasteiger partial charge < -0.3 is 25.2 Å². The van der Waals surface area contributed by atoms with E-state index in [0.29, 0.717) is 13.0 Å². The van der Waals surface area contributed by atoms with Gasteiger partial charge in [0, 0.05) is 20.2 Å². The lowest BCUT2D eigenvalue weighted by Crippen LogP contribution is -2.55. The normalized spacial score (nSPS) is 20.2. The topological polar surface area (TPSA) is 99.1 Å². The van der Waals surface area contributed by atoms with Crippen molar-refractivity contribution in [2.75, 3.05) is 26.8 Å². The van der Waals surface area contributed by atoms with Crippen molar-refractivity contribution in [2.45, 2.75) is 18.6 Å². The number of aliphatic hydroxyl groups excluding tert-OH is 1. The minimum absolute atomic E-state index is 0.0330. The summed E-state index contributed by atoms with van der Waals surface area (Å²) in [6, 6.07) is 10.1. The first-order chi connectivity index (χ1) is 12.5. The molecule has 26 heavy (non-hydrogen) atoms. The number of likely N-dealkylation sites (tertiary alicyclic amines) is 1. The van der Waals surface area contributed by atoms with E-state index in [1.807, 2.05) is 24.3 Å². The number of nitrogens with zero attached hydrogens (tertiary/aromatic N) is 1. The van der Waals surface area contributed by atoms with Crippen molar-refractivity contribution in [1.29, 1.82) is 0 Å². The molecular weight excluding hydrogens is 336 g/mol. The van der Waals surface area contributed by atoms with E-state index in [1.165, 1.54) is 12.0 Å². The molecular formula is C19H22N2O5. The highest BCUT2D eigenvalue weighted by Gasteiger charge is 2.31. The number of phenolic OH excluding ortho intramolecular Hbond substituents is 1. The number of hydrogen-bond acceptors (Lipinski definition) is 5. The first kappa shape index (κ1) is 18.2. The highest BCUT2D eigenvalue weighted by atomic mass is 16.5. The molecule has 0 aliphatic carbocycles. The molecule has 7 nitrogen and oxygen atoms in total. The Morgan fingerprint density at radius 1 is 1.27 bits per heavy atom. The Kier molecular flexibility index (Phi) is 5.39. The molecule has 0 spiro atoms. The van der Waals surface area contributed by atoms with Gasteiger partial charge in [0.05, 0.1) is 17.7 Å². The van der Waals surface area contributed by atoms with Gasteiger partial charge in [-0.2, -0.15) is 0 Å². The molecule has 1 fully saturated rings. The number of piperidine rings is 1. The Morgan fingerprint density at radius 3 is 2.62 bits per heavy atom. The number of benzene rings is 2. The molecule has 0 radical (unpaired) electrons. The number of carbonyl (C=O) groups excluding carboxylic acids is 2. The van der Waals surface area contributed by atoms with Crippen LogP contribution < -0.4 is 5.32 Å². The smallest absolute Gasteiger partial charge is 0.255 e. The number of fused-ring (bicyclic) bond motifs is 1. The lowest BCUT2D eigenvalue weighted by Gasteiger charge is -2.36. The third kappa shape index (κ3) is 3.79. The predicted octanol–water partition coefficient (Wildman–Crippen LogP) is 0.883. The summed E-state index contributed by atoms with van der Waals surface area (Å²) in [5.74, 6) is -0.749.